The first kappa shape index (κ1) is 18.1. The van der Waals surface area contributed by atoms with Gasteiger partial charge in [-0.1, -0.05) is 25.5 Å². The second-order valence-corrected chi connectivity index (χ2v) is 4.97. The van der Waals surface area contributed by atoms with Crippen LogP contribution in [0.1, 0.15) is 34.6 Å². The molecule has 0 rings (SSSR count). The van der Waals surface area contributed by atoms with Crippen molar-refractivity contribution in [3.8, 4) is 0 Å². The number of nitrogens with one attached hydrogen (secondary N) is 2. The van der Waals surface area contributed by atoms with Crippen LogP contribution in [-0.2, 0) is 9.59 Å². The Morgan fingerprint density at radius 3 is 2.35 bits per heavy atom. The fourth-order valence-corrected chi connectivity index (χ4v) is 1.57. The third-order valence-electron chi connectivity index (χ3n) is 2.70. The quantitative estimate of drug-likeness (QED) is 0.444. The molecule has 0 saturated heterocycles. The van der Waals surface area contributed by atoms with E-state index in [-0.39, 0.29) is 0 Å². The van der Waals surface area contributed by atoms with E-state index in [1.54, 1.807) is 6.08 Å². The van der Waals surface area contributed by atoms with E-state index in [1.165, 1.54) is 4.90 Å². The molecule has 0 aromatic heterocycles. The Morgan fingerprint density at radius 1 is 1.35 bits per heavy atom. The van der Waals surface area contributed by atoms with Crippen LogP contribution in [0.5, 0.6) is 0 Å². The third-order valence-corrected chi connectivity index (χ3v) is 2.70. The maximum absolute atomic E-state index is 12.0. The van der Waals surface area contributed by atoms with Crippen molar-refractivity contribution in [2.24, 2.45) is 5.92 Å². The van der Waals surface area contributed by atoms with E-state index in [9.17, 15) is 9.59 Å². The topological polar surface area (TPSA) is 73.3 Å². The van der Waals surface area contributed by atoms with Crippen LogP contribution in [0.2, 0.25) is 0 Å². The average molecular weight is 279 g/mol. The van der Waals surface area contributed by atoms with Crippen molar-refractivity contribution in [1.82, 2.24) is 10.2 Å². The van der Waals surface area contributed by atoms with Gasteiger partial charge >= 0.3 is 11.8 Å². The highest BCUT2D eigenvalue weighted by Crippen LogP contribution is 2.01. The molecule has 0 aliphatic heterocycles. The molecular formula is C15H25N3O2. The largest absolute Gasteiger partial charge is 0.334 e. The van der Waals surface area contributed by atoms with Crippen LogP contribution in [-0.4, -0.2) is 36.0 Å². The molecule has 0 saturated carbocycles. The zero-order valence-corrected chi connectivity index (χ0v) is 13.0. The molecule has 0 unspecified atom stereocenters. The molecule has 0 fully saturated rings. The molecule has 0 aromatic rings. The second kappa shape index (κ2) is 9.07. The van der Waals surface area contributed by atoms with Crippen molar-refractivity contribution in [3.63, 3.8) is 0 Å². The summed E-state index contributed by atoms with van der Waals surface area (Å²) in [6.07, 6.45) is 4.53. The van der Waals surface area contributed by atoms with Crippen molar-refractivity contribution in [1.29, 1.82) is 5.41 Å². The molecule has 0 atom stereocenters. The van der Waals surface area contributed by atoms with E-state index in [0.717, 1.165) is 11.8 Å². The molecule has 0 aliphatic carbocycles. The van der Waals surface area contributed by atoms with Crippen LogP contribution in [0.4, 0.5) is 0 Å². The zero-order chi connectivity index (χ0) is 15.7. The van der Waals surface area contributed by atoms with Crippen molar-refractivity contribution in [2.75, 3.05) is 13.1 Å². The van der Waals surface area contributed by atoms with Gasteiger partial charge in [0, 0.05) is 19.3 Å². The molecular weight excluding hydrogens is 254 g/mol. The lowest BCUT2D eigenvalue weighted by atomic mass is 10.2. The lowest BCUT2D eigenvalue weighted by Gasteiger charge is -2.22. The van der Waals surface area contributed by atoms with E-state index >= 15 is 0 Å². The van der Waals surface area contributed by atoms with Gasteiger partial charge in [-0.15, -0.1) is 0 Å². The lowest BCUT2D eigenvalue weighted by Crippen LogP contribution is -2.44. The Kier molecular flexibility index (Phi) is 8.20. The van der Waals surface area contributed by atoms with E-state index in [2.05, 4.69) is 5.32 Å². The summed E-state index contributed by atoms with van der Waals surface area (Å²) in [6, 6.07) is 0. The summed E-state index contributed by atoms with van der Waals surface area (Å²) in [5, 5.41) is 9.73. The van der Waals surface area contributed by atoms with Crippen LogP contribution >= 0.6 is 0 Å². The fourth-order valence-electron chi connectivity index (χ4n) is 1.57. The Morgan fingerprint density at radius 2 is 1.95 bits per heavy atom. The molecule has 112 valence electrons. The van der Waals surface area contributed by atoms with Crippen LogP contribution in [0.25, 0.3) is 0 Å². The predicted octanol–water partition coefficient (Wildman–Crippen LogP) is 2.11. The van der Waals surface area contributed by atoms with Crippen LogP contribution < -0.4 is 5.32 Å². The first-order valence-electron chi connectivity index (χ1n) is 6.81. The van der Waals surface area contributed by atoms with Crippen molar-refractivity contribution in [2.45, 2.75) is 34.6 Å². The maximum atomic E-state index is 12.0. The predicted molar refractivity (Wildman–Crippen MR) is 81.5 cm³/mol. The van der Waals surface area contributed by atoms with Gasteiger partial charge in [0.05, 0.1) is 5.70 Å². The zero-order valence-electron chi connectivity index (χ0n) is 13.0. The van der Waals surface area contributed by atoms with Gasteiger partial charge in [-0.2, -0.15) is 0 Å². The van der Waals surface area contributed by atoms with Gasteiger partial charge in [0.2, 0.25) is 0 Å². The van der Waals surface area contributed by atoms with Crippen molar-refractivity contribution < 1.29 is 9.59 Å². The van der Waals surface area contributed by atoms with Gasteiger partial charge in [-0.3, -0.25) is 9.59 Å². The molecule has 0 aliphatic rings. The lowest BCUT2D eigenvalue weighted by molar-refractivity contribution is -0.145. The number of hydrogen-bond acceptors (Lipinski definition) is 3. The Balaban J connectivity index is 4.85. The smallest absolute Gasteiger partial charge is 0.313 e. The second-order valence-electron chi connectivity index (χ2n) is 4.97. The first-order valence-corrected chi connectivity index (χ1v) is 6.81. The summed E-state index contributed by atoms with van der Waals surface area (Å²) in [4.78, 5) is 25.4. The maximum Gasteiger partial charge on any atom is 0.313 e. The molecule has 20 heavy (non-hydrogen) atoms. The van der Waals surface area contributed by atoms with Gasteiger partial charge < -0.3 is 15.6 Å². The van der Waals surface area contributed by atoms with Gasteiger partial charge in [-0.05, 0) is 32.8 Å². The number of allylic oxidation sites excluding steroid dienone is 4. The highest BCUT2D eigenvalue weighted by molar-refractivity contribution is 6.35. The number of rotatable bonds is 6. The molecule has 0 radical (unpaired) electrons. The van der Waals surface area contributed by atoms with Gasteiger partial charge in [-0.25, -0.2) is 0 Å². The van der Waals surface area contributed by atoms with Crippen LogP contribution in [0, 0.1) is 11.3 Å². The molecule has 0 bridgehead atoms. The SMILES string of the molecule is C/C=C(C)/C=C(\C=N)NC(=O)C(=O)N(CC)CC(C)C. The molecule has 5 nitrogen and oxygen atoms in total. The summed E-state index contributed by atoms with van der Waals surface area (Å²) in [5.74, 6) is -0.965. The van der Waals surface area contributed by atoms with Crippen molar-refractivity contribution in [3.05, 3.63) is 23.4 Å². The summed E-state index contributed by atoms with van der Waals surface area (Å²) in [5.41, 5.74) is 1.21. The molecule has 0 aromatic carbocycles. The molecule has 2 N–H and O–H groups in total. The minimum absolute atomic E-state index is 0.301. The standard InChI is InChI=1S/C15H25N3O2/c1-6-12(5)8-13(9-16)17-14(19)15(20)18(7-2)10-11(3)4/h6,8-9,11,16H,7,10H2,1-5H3,(H,17,19)/b12-6+,13-8+,16-9?. The number of hydrogen-bond donors (Lipinski definition) is 2. The van der Waals surface area contributed by atoms with E-state index in [4.69, 9.17) is 5.41 Å². The molecule has 2 amide bonds. The van der Waals surface area contributed by atoms with E-state index in [0.29, 0.717) is 24.7 Å². The summed E-state index contributed by atoms with van der Waals surface area (Å²) in [6.45, 7) is 10.6. The number of carbonyl (C=O) groups excluding carboxylic acids is 2. The van der Waals surface area contributed by atoms with E-state index in [1.807, 2.05) is 40.7 Å². The van der Waals surface area contributed by atoms with E-state index < -0.39 is 11.8 Å². The molecule has 0 heterocycles. The van der Waals surface area contributed by atoms with Gasteiger partial charge in [0.25, 0.3) is 0 Å². The Labute approximate surface area is 121 Å². The third kappa shape index (κ3) is 6.31. The summed E-state index contributed by atoms with van der Waals surface area (Å²) >= 11 is 0. The minimum Gasteiger partial charge on any atom is -0.334 e. The van der Waals surface area contributed by atoms with Gasteiger partial charge in [0.1, 0.15) is 0 Å². The van der Waals surface area contributed by atoms with Crippen molar-refractivity contribution >= 4 is 18.0 Å². The Bertz CT molecular complexity index is 423. The number of carbonyl (C=O) groups is 2. The number of nitrogens with zero attached hydrogens (tertiary/aromatic N) is 1. The minimum atomic E-state index is -0.703. The number of amides is 2. The summed E-state index contributed by atoms with van der Waals surface area (Å²) in [7, 11) is 0. The molecule has 5 heteroatoms. The highest BCUT2D eigenvalue weighted by atomic mass is 16.2. The molecule has 0 spiro atoms. The highest BCUT2D eigenvalue weighted by Gasteiger charge is 2.21. The average Bonchev–Trinajstić information content (AvgIpc) is 2.42. The normalized spacial score (nSPS) is 12.3. The Hall–Kier alpha value is -1.91. The fraction of sp³-hybridized carbons (Fsp3) is 0.533. The summed E-state index contributed by atoms with van der Waals surface area (Å²) < 4.78 is 0. The monoisotopic (exact) mass is 279 g/mol. The number of likely N-dealkylation sites (N-methyl/N-ethyl adjacent to an activating group) is 1. The van der Waals surface area contributed by atoms with Gasteiger partial charge in [0.15, 0.2) is 0 Å². The van der Waals surface area contributed by atoms with Crippen LogP contribution in [0.15, 0.2) is 23.4 Å². The van der Waals surface area contributed by atoms with Crippen LogP contribution in [0.3, 0.4) is 0 Å². The first-order chi connectivity index (χ1) is 9.35.